The minimum absolute atomic E-state index is 0.0271. The zero-order valence-electron chi connectivity index (χ0n) is 46.1. The summed E-state index contributed by atoms with van der Waals surface area (Å²) < 4.78 is 14.1. The Labute approximate surface area is 476 Å². The fraction of sp³-hybridized carbons (Fsp3) is 0.387. The van der Waals surface area contributed by atoms with Crippen molar-refractivity contribution in [3.8, 4) is 11.1 Å². The average molecular weight is 1160 g/mol. The highest BCUT2D eigenvalue weighted by Gasteiger charge is 2.44. The summed E-state index contributed by atoms with van der Waals surface area (Å²) in [6.07, 6.45) is -1.87. The molecule has 5 aromatic carbocycles. The number of fused-ring (bicyclic) bond motifs is 3. The number of ether oxygens (including phenoxy) is 2. The van der Waals surface area contributed by atoms with Gasteiger partial charge < -0.3 is 35.6 Å². The van der Waals surface area contributed by atoms with Crippen LogP contribution in [-0.2, 0) is 48.6 Å². The van der Waals surface area contributed by atoms with Gasteiger partial charge in [0.05, 0.1) is 35.7 Å². The van der Waals surface area contributed by atoms with E-state index in [1.165, 1.54) is 11.8 Å². The molecule has 6 atom stereocenters. The van der Waals surface area contributed by atoms with Crippen LogP contribution in [0.5, 0.6) is 0 Å². The minimum atomic E-state index is -1.50. The smallest absolute Gasteiger partial charge is 0.407 e. The summed E-state index contributed by atoms with van der Waals surface area (Å²) in [4.78, 5) is 112. The molecule has 80 heavy (non-hydrogen) atoms. The van der Waals surface area contributed by atoms with Crippen molar-refractivity contribution in [2.75, 3.05) is 26.2 Å². The van der Waals surface area contributed by atoms with E-state index < -0.39 is 102 Å². The molecule has 1 fully saturated rings. The summed E-state index contributed by atoms with van der Waals surface area (Å²) in [6.45, 7) is 9.96. The molecule has 5 aromatic rings. The number of likely N-dealkylation sites (tertiary alicyclic amines) is 1. The minimum Gasteiger partial charge on any atom is -0.449 e. The summed E-state index contributed by atoms with van der Waals surface area (Å²) in [5.41, 5.74) is 4.91. The van der Waals surface area contributed by atoms with Crippen molar-refractivity contribution in [2.24, 2.45) is 5.92 Å². The molecule has 422 valence electrons. The Kier molecular flexibility index (Phi) is 20.7. The summed E-state index contributed by atoms with van der Waals surface area (Å²) in [6, 6.07) is 39.7. The highest BCUT2D eigenvalue weighted by Crippen LogP contribution is 2.44. The Balaban J connectivity index is 1.08. The quantitative estimate of drug-likeness (QED) is 0.0254. The summed E-state index contributed by atoms with van der Waals surface area (Å²) in [7, 11) is 0. The van der Waals surface area contributed by atoms with Gasteiger partial charge in [-0.1, -0.05) is 160 Å². The first-order valence-electron chi connectivity index (χ1n) is 27.1. The van der Waals surface area contributed by atoms with E-state index in [1.54, 1.807) is 6.92 Å². The van der Waals surface area contributed by atoms with E-state index in [-0.39, 0.29) is 50.2 Å². The molecule has 0 aromatic heterocycles. The molecule has 0 saturated carbocycles. The Morgan fingerprint density at radius 3 is 1.73 bits per heavy atom. The number of ketones is 2. The number of nitrogens with one attached hydrogen (secondary N) is 6. The first-order valence-corrected chi connectivity index (χ1v) is 27.9. The predicted octanol–water partition coefficient (Wildman–Crippen LogP) is 7.15. The second-order valence-corrected chi connectivity index (χ2v) is 21.8. The second-order valence-electron chi connectivity index (χ2n) is 21.4. The van der Waals surface area contributed by atoms with Crippen molar-refractivity contribution in [1.82, 2.24) is 35.8 Å². The molecule has 7 rings (SSSR count). The van der Waals surface area contributed by atoms with Crippen LogP contribution in [0.4, 0.5) is 4.79 Å². The van der Waals surface area contributed by atoms with Gasteiger partial charge in [0.25, 0.3) is 0 Å². The topological polar surface area (TPSA) is 230 Å². The van der Waals surface area contributed by atoms with Crippen LogP contribution in [0.1, 0.15) is 107 Å². The molecular formula is C62H72BrN7O10. The van der Waals surface area contributed by atoms with Gasteiger partial charge in [-0.25, -0.2) is 4.79 Å². The number of Topliss-reactive ketones (excluding diaryl/α,β-unsaturated/α-hetero) is 2. The van der Waals surface area contributed by atoms with Crippen molar-refractivity contribution in [3.05, 3.63) is 167 Å². The van der Waals surface area contributed by atoms with Gasteiger partial charge >= 0.3 is 6.09 Å². The van der Waals surface area contributed by atoms with E-state index in [9.17, 15) is 38.4 Å². The van der Waals surface area contributed by atoms with E-state index in [2.05, 4.69) is 47.1 Å². The van der Waals surface area contributed by atoms with Crippen molar-refractivity contribution < 1.29 is 47.8 Å². The monoisotopic (exact) mass is 1150 g/mol. The first-order chi connectivity index (χ1) is 38.3. The number of benzene rings is 5. The first kappa shape index (κ1) is 60.1. The third-order valence-electron chi connectivity index (χ3n) is 14.7. The van der Waals surface area contributed by atoms with Crippen LogP contribution in [-0.4, -0.2) is 114 Å². The number of nitrogens with zero attached hydrogens (tertiary/aromatic N) is 1. The fourth-order valence-electron chi connectivity index (χ4n) is 10.7. The Hall–Kier alpha value is -7.54. The standard InChI is InChI=1S/C62H72BrN7O10/c1-7-39(2)57(68-56(75)36-64-60(78)79-38-49-47-29-19-17-27-45(47)46-28-18-20-30-48(46)49)53(72)31-32-54(73)66-51(35-65-62(41-21-11-8-12-22-41,42-23-13-9-14-24-42)43-25-15-10-16-26-43)58(76)67-50(34-55(74)69-63)59(77)70-37-44(80-61(4,5)6)33-52(70)40(3)71/h8-30,39,44,49-52,57,65H,7,31-38H2,1-6H3,(H,64,78)(H,66,73)(H,67,76)(H,68,75)(H,69,74)/t39-,44+,50-,51-,52-,57-/m0/s1. The van der Waals surface area contributed by atoms with Gasteiger partial charge in [-0.15, -0.1) is 0 Å². The molecule has 1 saturated heterocycles. The van der Waals surface area contributed by atoms with Gasteiger partial charge in [-0.2, -0.15) is 0 Å². The Morgan fingerprint density at radius 1 is 0.675 bits per heavy atom. The zero-order valence-corrected chi connectivity index (χ0v) is 47.7. The molecule has 18 heteroatoms. The van der Waals surface area contributed by atoms with Crippen molar-refractivity contribution in [2.45, 2.75) is 121 Å². The molecule has 1 aliphatic carbocycles. The number of hydrogen-bond donors (Lipinski definition) is 6. The van der Waals surface area contributed by atoms with E-state index in [4.69, 9.17) is 9.47 Å². The molecule has 0 unspecified atom stereocenters. The van der Waals surface area contributed by atoms with Crippen molar-refractivity contribution >= 4 is 63.3 Å². The third-order valence-corrected chi connectivity index (χ3v) is 15.1. The van der Waals surface area contributed by atoms with Crippen LogP contribution in [0.25, 0.3) is 11.1 Å². The number of hydrogen-bond acceptors (Lipinski definition) is 11. The third kappa shape index (κ3) is 15.0. The molecule has 1 heterocycles. The lowest BCUT2D eigenvalue weighted by Crippen LogP contribution is -2.60. The molecule has 1 aliphatic heterocycles. The number of amides is 6. The zero-order chi connectivity index (χ0) is 57.6. The number of halogens is 1. The average Bonchev–Trinajstić information content (AvgIpc) is 4.05. The van der Waals surface area contributed by atoms with Crippen molar-refractivity contribution in [3.63, 3.8) is 0 Å². The van der Waals surface area contributed by atoms with Gasteiger partial charge in [0.2, 0.25) is 29.5 Å². The van der Waals surface area contributed by atoms with E-state index in [0.717, 1.165) is 38.9 Å². The summed E-state index contributed by atoms with van der Waals surface area (Å²) in [5.74, 6) is -4.81. The van der Waals surface area contributed by atoms with Gasteiger partial charge in [0, 0.05) is 54.4 Å². The molecule has 17 nitrogen and oxygen atoms in total. The maximum absolute atomic E-state index is 15.0. The second kappa shape index (κ2) is 27.6. The van der Waals surface area contributed by atoms with Gasteiger partial charge in [0.15, 0.2) is 11.6 Å². The molecule has 6 N–H and O–H groups in total. The number of alkyl carbamates (subject to hydrolysis) is 1. The summed E-state index contributed by atoms with van der Waals surface area (Å²) in [5, 5.41) is 14.4. The maximum Gasteiger partial charge on any atom is 0.407 e. The van der Waals surface area contributed by atoms with Crippen LogP contribution in [0.3, 0.4) is 0 Å². The van der Waals surface area contributed by atoms with E-state index >= 15 is 0 Å². The molecule has 0 bridgehead atoms. The van der Waals surface area contributed by atoms with E-state index in [1.807, 2.05) is 167 Å². The lowest BCUT2D eigenvalue weighted by atomic mass is 9.77. The normalized spacial score (nSPS) is 16.4. The van der Waals surface area contributed by atoms with Crippen LogP contribution in [0, 0.1) is 5.92 Å². The van der Waals surface area contributed by atoms with Crippen molar-refractivity contribution in [1.29, 1.82) is 0 Å². The predicted molar refractivity (Wildman–Crippen MR) is 307 cm³/mol. The SMILES string of the molecule is CC[C@H](C)[C@H](NC(=O)CNC(=O)OCC1c2ccccc2-c2ccccc21)C(=O)CCC(=O)N[C@@H](CNC(c1ccccc1)(c1ccccc1)c1ccccc1)C(=O)N[C@@H](CC(=O)NBr)C(=O)N1C[C@H](OC(C)(C)C)C[C@H]1C(C)=O. The lowest BCUT2D eigenvalue weighted by molar-refractivity contribution is -0.142. The van der Waals surface area contributed by atoms with Gasteiger partial charge in [-0.3, -0.25) is 43.2 Å². The fourth-order valence-corrected chi connectivity index (χ4v) is 10.9. The van der Waals surface area contributed by atoms with Gasteiger partial charge in [-0.05, 0) is 72.6 Å². The van der Waals surface area contributed by atoms with Crippen LogP contribution < -0.4 is 30.9 Å². The molecular weight excluding hydrogens is 1080 g/mol. The molecule has 0 radical (unpaired) electrons. The largest absolute Gasteiger partial charge is 0.449 e. The highest BCUT2D eigenvalue weighted by molar-refractivity contribution is 9.08. The van der Waals surface area contributed by atoms with E-state index in [0.29, 0.717) is 6.42 Å². The van der Waals surface area contributed by atoms with Gasteiger partial charge in [0.1, 0.15) is 25.2 Å². The highest BCUT2D eigenvalue weighted by atomic mass is 79.9. The molecule has 6 amide bonds. The van der Waals surface area contributed by atoms with Crippen LogP contribution in [0.15, 0.2) is 140 Å². The Bertz CT molecular complexity index is 2850. The number of carbonyl (C=O) groups is 8. The van der Waals surface area contributed by atoms with Crippen LogP contribution >= 0.6 is 16.1 Å². The van der Waals surface area contributed by atoms with Crippen LogP contribution in [0.2, 0.25) is 0 Å². The molecule has 0 spiro atoms. The lowest BCUT2D eigenvalue weighted by Gasteiger charge is -2.38. The number of rotatable bonds is 25. The number of carbonyl (C=O) groups excluding carboxylic acids is 8. The Morgan fingerprint density at radius 2 is 1.21 bits per heavy atom. The maximum atomic E-state index is 15.0. The summed E-state index contributed by atoms with van der Waals surface area (Å²) >= 11 is 2.95. The molecule has 2 aliphatic rings.